The second-order valence-corrected chi connectivity index (χ2v) is 5.08. The zero-order valence-corrected chi connectivity index (χ0v) is 12.8. The molecule has 6 heteroatoms. The zero-order valence-electron chi connectivity index (χ0n) is 12.8. The van der Waals surface area contributed by atoms with Crippen LogP contribution in [0.15, 0.2) is 0 Å². The van der Waals surface area contributed by atoms with Crippen LogP contribution in [-0.4, -0.2) is 62.3 Å². The van der Waals surface area contributed by atoms with Gasteiger partial charge in [-0.05, 0) is 12.8 Å². The Bertz CT molecular complexity index is 335. The first-order valence-electron chi connectivity index (χ1n) is 7.21. The van der Waals surface area contributed by atoms with Gasteiger partial charge in [0.05, 0.1) is 19.3 Å². The summed E-state index contributed by atoms with van der Waals surface area (Å²) < 4.78 is 10.4. The number of nitrogens with one attached hydrogen (secondary N) is 1. The van der Waals surface area contributed by atoms with E-state index in [0.717, 1.165) is 6.42 Å². The molecule has 0 aromatic carbocycles. The number of hydrogen-bond donors (Lipinski definition) is 1. The Hall–Kier alpha value is -1.14. The molecule has 20 heavy (non-hydrogen) atoms. The fourth-order valence-electron chi connectivity index (χ4n) is 2.53. The zero-order chi connectivity index (χ0) is 15.1. The molecule has 3 atom stereocenters. The van der Waals surface area contributed by atoms with Crippen LogP contribution in [0.1, 0.15) is 33.1 Å². The van der Waals surface area contributed by atoms with Crippen molar-refractivity contribution in [2.24, 2.45) is 0 Å². The topological polar surface area (TPSA) is 67.9 Å². The van der Waals surface area contributed by atoms with Gasteiger partial charge in [-0.25, -0.2) is 0 Å². The molecule has 1 heterocycles. The summed E-state index contributed by atoms with van der Waals surface area (Å²) in [5.41, 5.74) is 0. The van der Waals surface area contributed by atoms with Crippen molar-refractivity contribution >= 4 is 11.8 Å². The standard InChI is InChI=1S/C14H26N2O4/c1-5-7-11-14(18)16(8-10(20-4)9-19-3)12(6-2)13(17)15-11/h10-12H,5-9H2,1-4H3,(H,15,17). The van der Waals surface area contributed by atoms with Crippen LogP contribution in [0, 0.1) is 0 Å². The van der Waals surface area contributed by atoms with Crippen LogP contribution in [0.3, 0.4) is 0 Å². The molecule has 116 valence electrons. The van der Waals surface area contributed by atoms with E-state index < -0.39 is 12.1 Å². The molecule has 0 aliphatic carbocycles. The summed E-state index contributed by atoms with van der Waals surface area (Å²) in [4.78, 5) is 26.3. The van der Waals surface area contributed by atoms with Crippen molar-refractivity contribution in [3.8, 4) is 0 Å². The highest BCUT2D eigenvalue weighted by Crippen LogP contribution is 2.17. The van der Waals surface area contributed by atoms with Gasteiger partial charge in [0.15, 0.2) is 0 Å². The quantitative estimate of drug-likeness (QED) is 0.708. The lowest BCUT2D eigenvalue weighted by molar-refractivity contribution is -0.152. The van der Waals surface area contributed by atoms with E-state index in [1.165, 1.54) is 0 Å². The maximum Gasteiger partial charge on any atom is 0.245 e. The van der Waals surface area contributed by atoms with Gasteiger partial charge in [-0.3, -0.25) is 9.59 Å². The number of rotatable bonds is 8. The average Bonchev–Trinajstić information content (AvgIpc) is 2.43. The largest absolute Gasteiger partial charge is 0.382 e. The van der Waals surface area contributed by atoms with Crippen molar-refractivity contribution in [3.05, 3.63) is 0 Å². The van der Waals surface area contributed by atoms with Crippen LogP contribution in [0.2, 0.25) is 0 Å². The van der Waals surface area contributed by atoms with Crippen molar-refractivity contribution < 1.29 is 19.1 Å². The summed E-state index contributed by atoms with van der Waals surface area (Å²) >= 11 is 0. The highest BCUT2D eigenvalue weighted by atomic mass is 16.5. The van der Waals surface area contributed by atoms with Crippen molar-refractivity contribution in [2.45, 2.75) is 51.3 Å². The molecule has 1 fully saturated rings. The Morgan fingerprint density at radius 2 is 2.00 bits per heavy atom. The van der Waals surface area contributed by atoms with Crippen molar-refractivity contribution in [2.75, 3.05) is 27.4 Å². The minimum Gasteiger partial charge on any atom is -0.382 e. The van der Waals surface area contributed by atoms with Crippen LogP contribution in [0.5, 0.6) is 0 Å². The normalized spacial score (nSPS) is 24.7. The van der Waals surface area contributed by atoms with Gasteiger partial charge < -0.3 is 19.7 Å². The maximum atomic E-state index is 12.5. The average molecular weight is 286 g/mol. The Balaban J connectivity index is 2.84. The van der Waals surface area contributed by atoms with Crippen molar-refractivity contribution in [3.63, 3.8) is 0 Å². The summed E-state index contributed by atoms with van der Waals surface area (Å²) in [5, 5.41) is 2.82. The summed E-state index contributed by atoms with van der Waals surface area (Å²) in [7, 11) is 3.18. The van der Waals surface area contributed by atoms with Crippen LogP contribution < -0.4 is 5.32 Å². The molecule has 0 aromatic rings. The van der Waals surface area contributed by atoms with E-state index in [9.17, 15) is 9.59 Å². The number of ether oxygens (including phenoxy) is 2. The Labute approximate surface area is 120 Å². The van der Waals surface area contributed by atoms with Crippen LogP contribution in [0.25, 0.3) is 0 Å². The molecular formula is C14H26N2O4. The summed E-state index contributed by atoms with van der Waals surface area (Å²) in [6.45, 7) is 4.69. The summed E-state index contributed by atoms with van der Waals surface area (Å²) in [6, 6.07) is -0.819. The fraction of sp³-hybridized carbons (Fsp3) is 0.857. The number of piperazine rings is 1. The number of carbonyl (C=O) groups excluding carboxylic acids is 2. The SMILES string of the molecule is CCCC1NC(=O)C(CC)N(CC(COC)OC)C1=O. The van der Waals surface area contributed by atoms with Crippen molar-refractivity contribution in [1.29, 1.82) is 0 Å². The van der Waals surface area contributed by atoms with Gasteiger partial charge in [-0.2, -0.15) is 0 Å². The highest BCUT2D eigenvalue weighted by molar-refractivity contribution is 5.96. The number of methoxy groups -OCH3 is 2. The Morgan fingerprint density at radius 3 is 2.50 bits per heavy atom. The fourth-order valence-corrected chi connectivity index (χ4v) is 2.53. The highest BCUT2D eigenvalue weighted by Gasteiger charge is 2.39. The number of hydrogen-bond acceptors (Lipinski definition) is 4. The molecular weight excluding hydrogens is 260 g/mol. The van der Waals surface area contributed by atoms with Gasteiger partial charge in [0.2, 0.25) is 11.8 Å². The van der Waals surface area contributed by atoms with Crippen molar-refractivity contribution in [1.82, 2.24) is 10.2 Å². The van der Waals surface area contributed by atoms with Gasteiger partial charge in [0, 0.05) is 14.2 Å². The van der Waals surface area contributed by atoms with Gasteiger partial charge >= 0.3 is 0 Å². The third-order valence-corrected chi connectivity index (χ3v) is 3.63. The Morgan fingerprint density at radius 1 is 1.30 bits per heavy atom. The molecule has 6 nitrogen and oxygen atoms in total. The molecule has 1 N–H and O–H groups in total. The minimum absolute atomic E-state index is 0.0172. The predicted octanol–water partition coefficient (Wildman–Crippen LogP) is 0.554. The third-order valence-electron chi connectivity index (χ3n) is 3.63. The van der Waals surface area contributed by atoms with E-state index in [4.69, 9.17) is 9.47 Å². The minimum atomic E-state index is -0.412. The molecule has 0 bridgehead atoms. The first-order chi connectivity index (χ1) is 9.58. The first-order valence-corrected chi connectivity index (χ1v) is 7.21. The van der Waals surface area contributed by atoms with Gasteiger partial charge in [-0.15, -0.1) is 0 Å². The summed E-state index contributed by atoms with van der Waals surface area (Å²) in [5.74, 6) is -0.0886. The van der Waals surface area contributed by atoms with Crippen LogP contribution in [-0.2, 0) is 19.1 Å². The molecule has 0 saturated carbocycles. The lowest BCUT2D eigenvalue weighted by Crippen LogP contribution is -2.64. The third kappa shape index (κ3) is 3.93. The molecule has 3 unspecified atom stereocenters. The number of nitrogens with zero attached hydrogens (tertiary/aromatic N) is 1. The van der Waals surface area contributed by atoms with E-state index in [0.29, 0.717) is 26.0 Å². The van der Waals surface area contributed by atoms with E-state index in [1.54, 1.807) is 19.1 Å². The molecule has 1 aliphatic rings. The second kappa shape index (κ2) is 8.21. The molecule has 0 aromatic heterocycles. The monoisotopic (exact) mass is 286 g/mol. The predicted molar refractivity (Wildman–Crippen MR) is 75.3 cm³/mol. The maximum absolute atomic E-state index is 12.5. The molecule has 0 spiro atoms. The van der Waals surface area contributed by atoms with Crippen LogP contribution in [0.4, 0.5) is 0 Å². The number of amides is 2. The van der Waals surface area contributed by atoms with Gasteiger partial charge in [0.1, 0.15) is 12.1 Å². The lowest BCUT2D eigenvalue weighted by atomic mass is 10.0. The van der Waals surface area contributed by atoms with E-state index >= 15 is 0 Å². The summed E-state index contributed by atoms with van der Waals surface area (Å²) in [6.07, 6.45) is 1.90. The molecule has 0 radical (unpaired) electrons. The smallest absolute Gasteiger partial charge is 0.245 e. The van der Waals surface area contributed by atoms with Gasteiger partial charge in [0.25, 0.3) is 0 Å². The van der Waals surface area contributed by atoms with Gasteiger partial charge in [-0.1, -0.05) is 20.3 Å². The van der Waals surface area contributed by atoms with E-state index in [-0.39, 0.29) is 17.9 Å². The molecule has 1 rings (SSSR count). The molecule has 2 amide bonds. The first kappa shape index (κ1) is 16.9. The van der Waals surface area contributed by atoms with E-state index in [1.807, 2.05) is 13.8 Å². The number of carbonyl (C=O) groups is 2. The van der Waals surface area contributed by atoms with E-state index in [2.05, 4.69) is 5.32 Å². The molecule has 1 aliphatic heterocycles. The molecule has 1 saturated heterocycles. The second-order valence-electron chi connectivity index (χ2n) is 5.08. The Kier molecular flexibility index (Phi) is 6.95. The lowest BCUT2D eigenvalue weighted by Gasteiger charge is -2.40. The van der Waals surface area contributed by atoms with Crippen LogP contribution >= 0.6 is 0 Å².